The first-order valence-electron chi connectivity index (χ1n) is 11.7. The Morgan fingerprint density at radius 2 is 1.71 bits per heavy atom. The number of hydrogen-bond donors (Lipinski definition) is 0. The molecule has 0 aliphatic carbocycles. The molecule has 0 fully saturated rings. The van der Waals surface area contributed by atoms with E-state index in [1.807, 2.05) is 0 Å². The molecule has 0 aromatic carbocycles. The summed E-state index contributed by atoms with van der Waals surface area (Å²) in [4.78, 5) is 24.3. The Morgan fingerprint density at radius 3 is 2.26 bits per heavy atom. The number of halogens is 3. The number of alkyl halides is 3. The zero-order chi connectivity index (χ0) is 28.1. The zero-order valence-electron chi connectivity index (χ0n) is 22.3. The minimum atomic E-state index is -4.58. The summed E-state index contributed by atoms with van der Waals surface area (Å²) in [5, 5.41) is 0. The molecule has 3 aromatic rings. The van der Waals surface area contributed by atoms with Crippen LogP contribution >= 0.6 is 10.0 Å². The lowest BCUT2D eigenvalue weighted by molar-refractivity contribution is -0.152. The van der Waals surface area contributed by atoms with Crippen LogP contribution in [0.25, 0.3) is 22.6 Å². The summed E-state index contributed by atoms with van der Waals surface area (Å²) < 4.78 is 57.5. The van der Waals surface area contributed by atoms with Gasteiger partial charge in [-0.05, 0) is 50.8 Å². The number of carbonyl (C=O) groups excluding carboxylic acids is 1. The van der Waals surface area contributed by atoms with Crippen LogP contribution in [0.4, 0.5) is 13.2 Å². The SMILES string of the molecule is COC(=O)C(C)(C)COc1ccc(-c2ccc(-c3nc(C(F)(F)F)cn3COCCS(C)(C)C)cn2)cn1. The summed E-state index contributed by atoms with van der Waals surface area (Å²) in [6.45, 7) is 3.91. The second-order valence-corrected chi connectivity index (χ2v) is 14.8. The molecular formula is C26H33F3N4O4S. The Morgan fingerprint density at radius 1 is 1.03 bits per heavy atom. The van der Waals surface area contributed by atoms with E-state index < -0.39 is 27.3 Å². The fraction of sp³-hybridized carbons (Fsp3) is 0.462. The van der Waals surface area contributed by atoms with Crippen LogP contribution in [0.15, 0.2) is 42.9 Å². The third-order valence-corrected chi connectivity index (χ3v) is 6.90. The normalized spacial score (nSPS) is 12.9. The molecule has 0 radical (unpaired) electrons. The van der Waals surface area contributed by atoms with Gasteiger partial charge in [0, 0.05) is 41.5 Å². The van der Waals surface area contributed by atoms with Gasteiger partial charge in [0.05, 0.1) is 24.8 Å². The van der Waals surface area contributed by atoms with Crippen molar-refractivity contribution in [2.75, 3.05) is 44.8 Å². The van der Waals surface area contributed by atoms with Crippen LogP contribution in [0, 0.1) is 5.41 Å². The van der Waals surface area contributed by atoms with Crippen molar-refractivity contribution in [3.8, 4) is 28.5 Å². The molecular weight excluding hydrogens is 521 g/mol. The van der Waals surface area contributed by atoms with Gasteiger partial charge >= 0.3 is 12.1 Å². The molecule has 208 valence electrons. The maximum Gasteiger partial charge on any atom is 0.434 e. The number of nitrogens with zero attached hydrogens (tertiary/aromatic N) is 4. The summed E-state index contributed by atoms with van der Waals surface area (Å²) in [6, 6.07) is 6.74. The van der Waals surface area contributed by atoms with Crippen LogP contribution < -0.4 is 4.74 Å². The highest BCUT2D eigenvalue weighted by molar-refractivity contribution is 8.32. The average Bonchev–Trinajstić information content (AvgIpc) is 3.30. The standard InChI is InChI=1S/C26H33F3N4O4S/c1-25(2,24(34)35-3)16-37-22-10-8-18(13-31-22)20-9-7-19(14-30-20)23-32-21(26(27,28)29)15-33(23)17-36-11-12-38(4,5)6/h7-10,13-15H,11-12,16-17H2,1-6H3. The van der Waals surface area contributed by atoms with Gasteiger partial charge in [0.15, 0.2) is 5.69 Å². The predicted octanol–water partition coefficient (Wildman–Crippen LogP) is 5.27. The minimum Gasteiger partial charge on any atom is -0.476 e. The van der Waals surface area contributed by atoms with Gasteiger partial charge in [-0.1, -0.05) is 0 Å². The first kappa shape index (κ1) is 29.4. The van der Waals surface area contributed by atoms with E-state index in [1.54, 1.807) is 44.3 Å². The lowest BCUT2D eigenvalue weighted by atomic mass is 9.95. The number of hydrogen-bond acceptors (Lipinski definition) is 7. The number of imidazole rings is 1. The van der Waals surface area contributed by atoms with Gasteiger partial charge in [-0.2, -0.15) is 13.2 Å². The first-order valence-corrected chi connectivity index (χ1v) is 14.7. The summed E-state index contributed by atoms with van der Waals surface area (Å²) in [6.07, 6.45) is 5.86. The number of aromatic nitrogens is 4. The topological polar surface area (TPSA) is 88.4 Å². The van der Waals surface area contributed by atoms with E-state index in [-0.39, 0.29) is 25.1 Å². The predicted molar refractivity (Wildman–Crippen MR) is 141 cm³/mol. The van der Waals surface area contributed by atoms with Gasteiger partial charge in [0.2, 0.25) is 5.88 Å². The summed E-state index contributed by atoms with van der Waals surface area (Å²) >= 11 is 0. The molecule has 3 heterocycles. The van der Waals surface area contributed by atoms with E-state index in [0.29, 0.717) is 29.3 Å². The molecule has 3 rings (SSSR count). The maximum atomic E-state index is 13.4. The fourth-order valence-corrected chi connectivity index (χ4v) is 3.87. The lowest BCUT2D eigenvalue weighted by Gasteiger charge is -2.24. The third-order valence-electron chi connectivity index (χ3n) is 5.51. The molecule has 0 bridgehead atoms. The van der Waals surface area contributed by atoms with Crippen LogP contribution in [-0.2, 0) is 27.2 Å². The van der Waals surface area contributed by atoms with Gasteiger partial charge in [0.1, 0.15) is 19.2 Å². The molecule has 8 nitrogen and oxygen atoms in total. The van der Waals surface area contributed by atoms with Crippen molar-refractivity contribution in [1.82, 2.24) is 19.5 Å². The Hall–Kier alpha value is -3.12. The number of methoxy groups -OCH3 is 1. The molecule has 0 saturated heterocycles. The van der Waals surface area contributed by atoms with Crippen molar-refractivity contribution < 1.29 is 32.2 Å². The van der Waals surface area contributed by atoms with Crippen molar-refractivity contribution in [3.05, 3.63) is 48.5 Å². The third kappa shape index (κ3) is 7.94. The second kappa shape index (κ2) is 11.7. The number of esters is 1. The van der Waals surface area contributed by atoms with Crippen molar-refractivity contribution in [2.45, 2.75) is 26.8 Å². The monoisotopic (exact) mass is 554 g/mol. The van der Waals surface area contributed by atoms with Gasteiger partial charge in [0.25, 0.3) is 0 Å². The summed E-state index contributed by atoms with van der Waals surface area (Å²) in [7, 11) is 0.541. The Bertz CT molecular complexity index is 1220. The van der Waals surface area contributed by atoms with Crippen molar-refractivity contribution in [3.63, 3.8) is 0 Å². The van der Waals surface area contributed by atoms with E-state index in [1.165, 1.54) is 17.9 Å². The zero-order valence-corrected chi connectivity index (χ0v) is 23.2. The van der Waals surface area contributed by atoms with Gasteiger partial charge in [-0.3, -0.25) is 9.78 Å². The Kier molecular flexibility index (Phi) is 9.09. The quantitative estimate of drug-likeness (QED) is 0.236. The molecule has 0 N–H and O–H groups in total. The highest BCUT2D eigenvalue weighted by atomic mass is 32.3. The first-order chi connectivity index (χ1) is 17.7. The lowest BCUT2D eigenvalue weighted by Crippen LogP contribution is -2.32. The Balaban J connectivity index is 1.74. The van der Waals surface area contributed by atoms with Gasteiger partial charge in [-0.25, -0.2) is 20.0 Å². The largest absolute Gasteiger partial charge is 0.476 e. The van der Waals surface area contributed by atoms with Crippen molar-refractivity contribution in [1.29, 1.82) is 0 Å². The highest BCUT2D eigenvalue weighted by Gasteiger charge is 2.35. The molecule has 0 aliphatic rings. The van der Waals surface area contributed by atoms with Crippen LogP contribution in [0.5, 0.6) is 5.88 Å². The van der Waals surface area contributed by atoms with Crippen LogP contribution in [0.1, 0.15) is 19.5 Å². The van der Waals surface area contributed by atoms with Crippen LogP contribution in [0.2, 0.25) is 0 Å². The van der Waals surface area contributed by atoms with E-state index in [0.717, 1.165) is 11.9 Å². The van der Waals surface area contributed by atoms with Crippen LogP contribution in [-0.4, -0.2) is 70.3 Å². The van der Waals surface area contributed by atoms with Gasteiger partial charge < -0.3 is 18.8 Å². The highest BCUT2D eigenvalue weighted by Crippen LogP contribution is 2.34. The maximum absolute atomic E-state index is 13.4. The molecule has 0 unspecified atom stereocenters. The number of ether oxygens (including phenoxy) is 3. The molecule has 3 aromatic heterocycles. The fourth-order valence-electron chi connectivity index (χ4n) is 3.26. The molecule has 0 saturated carbocycles. The summed E-state index contributed by atoms with van der Waals surface area (Å²) in [5.74, 6) is 0.908. The molecule has 0 atom stereocenters. The molecule has 38 heavy (non-hydrogen) atoms. The average molecular weight is 555 g/mol. The van der Waals surface area contributed by atoms with E-state index in [2.05, 4.69) is 33.7 Å². The molecule has 12 heteroatoms. The second-order valence-electron chi connectivity index (χ2n) is 10.2. The van der Waals surface area contributed by atoms with Crippen molar-refractivity contribution >= 4 is 16.0 Å². The van der Waals surface area contributed by atoms with E-state index >= 15 is 0 Å². The van der Waals surface area contributed by atoms with Crippen LogP contribution in [0.3, 0.4) is 0 Å². The number of carbonyl (C=O) groups is 1. The summed E-state index contributed by atoms with van der Waals surface area (Å²) in [5.41, 5.74) is -0.142. The number of pyridine rings is 2. The minimum absolute atomic E-state index is 0.0478. The van der Waals surface area contributed by atoms with Crippen molar-refractivity contribution in [2.24, 2.45) is 5.41 Å². The smallest absolute Gasteiger partial charge is 0.434 e. The molecule has 0 amide bonds. The van der Waals surface area contributed by atoms with Gasteiger partial charge in [-0.15, -0.1) is 0 Å². The number of rotatable bonds is 11. The molecule has 0 spiro atoms. The van der Waals surface area contributed by atoms with E-state index in [9.17, 15) is 18.0 Å². The van der Waals surface area contributed by atoms with E-state index in [4.69, 9.17) is 14.2 Å². The Labute approximate surface area is 221 Å². The molecule has 0 aliphatic heterocycles.